The minimum absolute atomic E-state index is 0.0636. The Hall–Kier alpha value is -2.70. The molecule has 1 aromatic rings. The molecular formula is C13H11N3O4. The van der Waals surface area contributed by atoms with E-state index in [-0.39, 0.29) is 23.2 Å². The van der Waals surface area contributed by atoms with Gasteiger partial charge in [0, 0.05) is 13.5 Å². The third-order valence-corrected chi connectivity index (χ3v) is 3.37. The van der Waals surface area contributed by atoms with Crippen molar-refractivity contribution in [2.75, 3.05) is 5.73 Å². The number of carbonyl (C=O) groups excluding carboxylic acids is 4. The zero-order valence-corrected chi connectivity index (χ0v) is 10.3. The zero-order chi connectivity index (χ0) is 15.3. The molecule has 3 rings (SSSR count). The number of nitrogen functional groups attached to an aromatic ring is 1. The van der Waals surface area contributed by atoms with E-state index in [1.807, 2.05) is 5.32 Å². The highest BCUT2D eigenvalue weighted by Crippen LogP contribution is 2.30. The number of hydrogen-bond acceptors (Lipinski definition) is 5. The van der Waals surface area contributed by atoms with Crippen molar-refractivity contribution >= 4 is 29.3 Å². The monoisotopic (exact) mass is 274 g/mol. The van der Waals surface area contributed by atoms with Crippen LogP contribution in [0, 0.1) is 0 Å². The molecule has 1 aromatic carbocycles. The number of nitrogens with one attached hydrogen (secondary N) is 1. The second-order valence-corrected chi connectivity index (χ2v) is 4.56. The van der Waals surface area contributed by atoms with Crippen LogP contribution in [0.1, 0.15) is 34.9 Å². The molecule has 0 aromatic heterocycles. The molecule has 3 N–H and O–H groups in total. The maximum Gasteiger partial charge on any atom is 0.264 e. The van der Waals surface area contributed by atoms with Crippen molar-refractivity contribution in [2.24, 2.45) is 0 Å². The number of piperidine rings is 1. The molecule has 7 heteroatoms. The molecule has 0 spiro atoms. The number of benzene rings is 1. The first-order valence-corrected chi connectivity index (χ1v) is 5.95. The highest BCUT2D eigenvalue weighted by molar-refractivity contribution is 6.25. The van der Waals surface area contributed by atoms with Gasteiger partial charge in [0.15, 0.2) is 0 Å². The predicted octanol–water partition coefficient (Wildman–Crippen LogP) is -0.330. The van der Waals surface area contributed by atoms with E-state index in [2.05, 4.69) is 0 Å². The SMILES string of the molecule is [2H]C1CC(N2C(=O)c3cccc(N)c3C2=O)C(=O)NC1=O. The van der Waals surface area contributed by atoms with E-state index in [1.165, 1.54) is 12.1 Å². The topological polar surface area (TPSA) is 110 Å². The van der Waals surface area contributed by atoms with Crippen LogP contribution in [-0.4, -0.2) is 34.6 Å². The van der Waals surface area contributed by atoms with Crippen LogP contribution in [-0.2, 0) is 9.59 Å². The number of hydrogen-bond donors (Lipinski definition) is 2. The van der Waals surface area contributed by atoms with Crippen LogP contribution in [0.25, 0.3) is 0 Å². The Kier molecular flexibility index (Phi) is 2.32. The van der Waals surface area contributed by atoms with Gasteiger partial charge < -0.3 is 5.73 Å². The number of carbonyl (C=O) groups is 4. The van der Waals surface area contributed by atoms with Crippen molar-refractivity contribution in [1.29, 1.82) is 0 Å². The van der Waals surface area contributed by atoms with Crippen molar-refractivity contribution in [3.05, 3.63) is 29.3 Å². The Bertz CT molecular complexity index is 703. The van der Waals surface area contributed by atoms with Crippen LogP contribution < -0.4 is 11.1 Å². The van der Waals surface area contributed by atoms with Crippen molar-refractivity contribution in [3.8, 4) is 0 Å². The summed E-state index contributed by atoms with van der Waals surface area (Å²) in [7, 11) is 0. The summed E-state index contributed by atoms with van der Waals surface area (Å²) < 4.78 is 7.56. The molecule has 0 bridgehead atoms. The maximum absolute atomic E-state index is 12.4. The molecule has 2 unspecified atom stereocenters. The van der Waals surface area contributed by atoms with Crippen LogP contribution in [0.5, 0.6) is 0 Å². The Labute approximate surface area is 115 Å². The minimum Gasteiger partial charge on any atom is -0.398 e. The number of amides is 4. The third-order valence-electron chi connectivity index (χ3n) is 3.37. The Morgan fingerprint density at radius 2 is 2.00 bits per heavy atom. The van der Waals surface area contributed by atoms with Gasteiger partial charge in [0.1, 0.15) is 6.04 Å². The van der Waals surface area contributed by atoms with Crippen molar-refractivity contribution in [2.45, 2.75) is 18.9 Å². The summed E-state index contributed by atoms with van der Waals surface area (Å²) in [5.41, 5.74) is 6.06. The second-order valence-electron chi connectivity index (χ2n) is 4.56. The normalized spacial score (nSPS) is 26.4. The summed E-state index contributed by atoms with van der Waals surface area (Å²) in [6.07, 6.45) is -1.41. The molecule has 0 saturated carbocycles. The summed E-state index contributed by atoms with van der Waals surface area (Å²) in [4.78, 5) is 48.6. The molecule has 7 nitrogen and oxygen atoms in total. The number of nitrogens with zero attached hydrogens (tertiary/aromatic N) is 1. The Balaban J connectivity index is 2.00. The summed E-state index contributed by atoms with van der Waals surface area (Å²) in [6.45, 7) is 0. The van der Waals surface area contributed by atoms with Gasteiger partial charge in [-0.3, -0.25) is 29.4 Å². The van der Waals surface area contributed by atoms with Crippen molar-refractivity contribution < 1.29 is 20.5 Å². The van der Waals surface area contributed by atoms with Crippen LogP contribution in [0.15, 0.2) is 18.2 Å². The number of imide groups is 2. The number of rotatable bonds is 1. The zero-order valence-electron chi connectivity index (χ0n) is 11.3. The molecule has 20 heavy (non-hydrogen) atoms. The predicted molar refractivity (Wildman–Crippen MR) is 67.5 cm³/mol. The van der Waals surface area contributed by atoms with Gasteiger partial charge in [-0.1, -0.05) is 6.07 Å². The van der Waals surface area contributed by atoms with Gasteiger partial charge >= 0.3 is 0 Å². The Morgan fingerprint density at radius 1 is 1.25 bits per heavy atom. The van der Waals surface area contributed by atoms with E-state index in [1.54, 1.807) is 6.07 Å². The van der Waals surface area contributed by atoms with E-state index in [0.717, 1.165) is 4.90 Å². The fraction of sp³-hybridized carbons (Fsp3) is 0.231. The van der Waals surface area contributed by atoms with Crippen LogP contribution in [0.4, 0.5) is 5.69 Å². The third kappa shape index (κ3) is 1.59. The fourth-order valence-corrected chi connectivity index (χ4v) is 2.42. The van der Waals surface area contributed by atoms with Crippen LogP contribution in [0.2, 0.25) is 0 Å². The molecule has 1 saturated heterocycles. The lowest BCUT2D eigenvalue weighted by atomic mass is 10.0. The molecule has 102 valence electrons. The maximum atomic E-state index is 12.4. The summed E-state index contributed by atoms with van der Waals surface area (Å²) in [6, 6.07) is 3.32. The van der Waals surface area contributed by atoms with Gasteiger partial charge in [0.05, 0.1) is 11.1 Å². The molecular weight excluding hydrogens is 262 g/mol. The molecule has 2 heterocycles. The fourth-order valence-electron chi connectivity index (χ4n) is 2.42. The highest BCUT2D eigenvalue weighted by Gasteiger charge is 2.45. The molecule has 0 aliphatic carbocycles. The standard InChI is InChI=1S/C13H11N3O4/c14-7-3-1-2-6-10(7)13(20)16(12(6)19)8-4-5-9(17)15-11(8)18/h1-3,8H,4-5,14H2,(H,15,17,18)/i5D. The van der Waals surface area contributed by atoms with Crippen LogP contribution >= 0.6 is 0 Å². The second kappa shape index (κ2) is 4.16. The number of anilines is 1. The van der Waals surface area contributed by atoms with Gasteiger partial charge in [0.25, 0.3) is 11.8 Å². The van der Waals surface area contributed by atoms with Crippen molar-refractivity contribution in [1.82, 2.24) is 10.2 Å². The molecule has 1 fully saturated rings. The molecule has 0 radical (unpaired) electrons. The van der Waals surface area contributed by atoms with Gasteiger partial charge in [-0.15, -0.1) is 0 Å². The molecule has 2 atom stereocenters. The lowest BCUT2D eigenvalue weighted by molar-refractivity contribution is -0.136. The first-order valence-electron chi connectivity index (χ1n) is 6.53. The lowest BCUT2D eigenvalue weighted by Crippen LogP contribution is -2.54. The van der Waals surface area contributed by atoms with E-state index >= 15 is 0 Å². The first kappa shape index (κ1) is 11.2. The highest BCUT2D eigenvalue weighted by atomic mass is 16.2. The van der Waals surface area contributed by atoms with Gasteiger partial charge in [-0.05, 0) is 18.6 Å². The smallest absolute Gasteiger partial charge is 0.264 e. The van der Waals surface area contributed by atoms with E-state index in [4.69, 9.17) is 7.10 Å². The van der Waals surface area contributed by atoms with Crippen molar-refractivity contribution in [3.63, 3.8) is 0 Å². The number of fused-ring (bicyclic) bond motifs is 1. The quantitative estimate of drug-likeness (QED) is 0.538. The summed E-state index contributed by atoms with van der Waals surface area (Å²) >= 11 is 0. The van der Waals surface area contributed by atoms with E-state index in [0.29, 0.717) is 0 Å². The first-order chi connectivity index (χ1) is 9.91. The minimum atomic E-state index is -1.20. The lowest BCUT2D eigenvalue weighted by Gasteiger charge is -2.27. The number of nitrogens with two attached hydrogens (primary N) is 1. The van der Waals surface area contributed by atoms with Crippen LogP contribution in [0.3, 0.4) is 0 Å². The van der Waals surface area contributed by atoms with Gasteiger partial charge in [-0.2, -0.15) is 0 Å². The molecule has 2 aliphatic rings. The summed E-state index contributed by atoms with van der Waals surface area (Å²) in [5.74, 6) is -2.79. The van der Waals surface area contributed by atoms with Gasteiger partial charge in [0.2, 0.25) is 11.8 Å². The molecule has 2 aliphatic heterocycles. The summed E-state index contributed by atoms with van der Waals surface area (Å²) in [5, 5.41) is 2.00. The average Bonchev–Trinajstić information content (AvgIpc) is 2.68. The van der Waals surface area contributed by atoms with E-state index in [9.17, 15) is 19.2 Å². The average molecular weight is 274 g/mol. The Morgan fingerprint density at radius 3 is 2.70 bits per heavy atom. The van der Waals surface area contributed by atoms with Gasteiger partial charge in [-0.25, -0.2) is 0 Å². The molecule has 4 amide bonds. The largest absolute Gasteiger partial charge is 0.398 e. The van der Waals surface area contributed by atoms with E-state index < -0.39 is 36.1 Å².